The molecule has 0 saturated carbocycles. The highest BCUT2D eigenvalue weighted by molar-refractivity contribution is 5.49. The van der Waals surface area contributed by atoms with Gasteiger partial charge in [0, 0.05) is 11.6 Å². The summed E-state index contributed by atoms with van der Waals surface area (Å²) in [5.41, 5.74) is 3.68. The number of aromatic hydroxyl groups is 1. The van der Waals surface area contributed by atoms with Crippen molar-refractivity contribution in [2.45, 2.75) is 38.1 Å². The van der Waals surface area contributed by atoms with E-state index in [1.165, 1.54) is 24.0 Å². The molecule has 2 nitrogen and oxygen atoms in total. The third-order valence-corrected chi connectivity index (χ3v) is 3.72. The van der Waals surface area contributed by atoms with Gasteiger partial charge in [-0.05, 0) is 49.8 Å². The molecular weight excluding hydrogens is 186 g/mol. The van der Waals surface area contributed by atoms with E-state index in [9.17, 15) is 5.11 Å². The van der Waals surface area contributed by atoms with E-state index in [0.717, 1.165) is 31.4 Å². The number of benzene rings is 1. The molecule has 1 aromatic carbocycles. The van der Waals surface area contributed by atoms with Crippen LogP contribution in [-0.4, -0.2) is 11.7 Å². The molecule has 15 heavy (non-hydrogen) atoms. The van der Waals surface area contributed by atoms with Gasteiger partial charge in [0.05, 0.1) is 0 Å². The van der Waals surface area contributed by atoms with Gasteiger partial charge in [0.1, 0.15) is 5.75 Å². The summed E-state index contributed by atoms with van der Waals surface area (Å²) >= 11 is 0. The van der Waals surface area contributed by atoms with Crippen molar-refractivity contribution < 1.29 is 5.11 Å². The third-order valence-electron chi connectivity index (χ3n) is 3.72. The Morgan fingerprint density at radius 2 is 2.13 bits per heavy atom. The average Bonchev–Trinajstić information content (AvgIpc) is 2.87. The second kappa shape index (κ2) is 3.53. The average molecular weight is 203 g/mol. The van der Waals surface area contributed by atoms with Crippen LogP contribution in [0.15, 0.2) is 12.1 Å². The van der Waals surface area contributed by atoms with Gasteiger partial charge in [-0.2, -0.15) is 0 Å². The molecule has 1 fully saturated rings. The third kappa shape index (κ3) is 1.44. The zero-order valence-electron chi connectivity index (χ0n) is 8.92. The van der Waals surface area contributed by atoms with E-state index in [2.05, 4.69) is 17.4 Å². The molecule has 1 unspecified atom stereocenters. The summed E-state index contributed by atoms with van der Waals surface area (Å²) in [5, 5.41) is 13.7. The minimum absolute atomic E-state index is 0.385. The largest absolute Gasteiger partial charge is 0.507 e. The van der Waals surface area contributed by atoms with Crippen LogP contribution in [-0.2, 0) is 12.8 Å². The van der Waals surface area contributed by atoms with Crippen molar-refractivity contribution in [1.29, 1.82) is 0 Å². The van der Waals surface area contributed by atoms with Gasteiger partial charge in [-0.15, -0.1) is 0 Å². The molecule has 0 amide bonds. The maximum Gasteiger partial charge on any atom is 0.123 e. The number of phenolic OH excluding ortho intramolecular Hbond substituents is 1. The van der Waals surface area contributed by atoms with Crippen LogP contribution < -0.4 is 5.32 Å². The lowest BCUT2D eigenvalue weighted by Crippen LogP contribution is -2.13. The summed E-state index contributed by atoms with van der Waals surface area (Å²) in [7, 11) is 0. The fraction of sp³-hybridized carbons (Fsp3) is 0.538. The molecule has 1 heterocycles. The van der Waals surface area contributed by atoms with Gasteiger partial charge in [-0.1, -0.05) is 12.1 Å². The molecule has 0 spiro atoms. The fourth-order valence-electron chi connectivity index (χ4n) is 2.90. The van der Waals surface area contributed by atoms with Gasteiger partial charge in [-0.3, -0.25) is 0 Å². The van der Waals surface area contributed by atoms with Crippen LogP contribution in [0.25, 0.3) is 0 Å². The highest BCUT2D eigenvalue weighted by Gasteiger charge is 2.23. The zero-order chi connectivity index (χ0) is 10.3. The molecule has 2 N–H and O–H groups in total. The molecule has 1 saturated heterocycles. The predicted octanol–water partition coefficient (Wildman–Crippen LogP) is 2.31. The Hall–Kier alpha value is -1.02. The molecule has 1 atom stereocenters. The quantitative estimate of drug-likeness (QED) is 0.734. The molecule has 2 aliphatic rings. The van der Waals surface area contributed by atoms with Crippen molar-refractivity contribution in [2.75, 3.05) is 6.54 Å². The molecule has 2 heteroatoms. The Morgan fingerprint density at radius 3 is 2.93 bits per heavy atom. The number of rotatable bonds is 1. The maximum atomic E-state index is 10.2. The highest BCUT2D eigenvalue weighted by atomic mass is 16.3. The number of fused-ring (bicyclic) bond motifs is 1. The summed E-state index contributed by atoms with van der Waals surface area (Å²) in [4.78, 5) is 0. The Bertz CT molecular complexity index is 380. The molecule has 0 radical (unpaired) electrons. The van der Waals surface area contributed by atoms with E-state index in [4.69, 9.17) is 0 Å². The summed E-state index contributed by atoms with van der Waals surface area (Å²) < 4.78 is 0. The smallest absolute Gasteiger partial charge is 0.123 e. The van der Waals surface area contributed by atoms with Gasteiger partial charge in [0.25, 0.3) is 0 Å². The number of hydrogen-bond acceptors (Lipinski definition) is 2. The fourth-order valence-corrected chi connectivity index (χ4v) is 2.90. The van der Waals surface area contributed by atoms with Gasteiger partial charge in [-0.25, -0.2) is 0 Å². The Kier molecular flexibility index (Phi) is 2.17. The summed E-state index contributed by atoms with van der Waals surface area (Å²) in [5.74, 6) is 0.574. The highest BCUT2D eigenvalue weighted by Crippen LogP contribution is 2.37. The monoisotopic (exact) mass is 203 g/mol. The number of nitrogens with one attached hydrogen (secondary N) is 1. The second-order valence-corrected chi connectivity index (χ2v) is 4.64. The summed E-state index contributed by atoms with van der Waals surface area (Å²) in [6, 6.07) is 4.70. The van der Waals surface area contributed by atoms with E-state index < -0.39 is 0 Å². The Balaban J connectivity index is 2.01. The molecule has 0 bridgehead atoms. The first-order chi connectivity index (χ1) is 7.36. The molecule has 3 rings (SSSR count). The van der Waals surface area contributed by atoms with Crippen molar-refractivity contribution in [1.82, 2.24) is 5.32 Å². The van der Waals surface area contributed by atoms with Crippen LogP contribution in [0.5, 0.6) is 5.75 Å². The zero-order valence-corrected chi connectivity index (χ0v) is 8.92. The lowest BCUT2D eigenvalue weighted by Gasteiger charge is -2.15. The predicted molar refractivity (Wildman–Crippen MR) is 60.1 cm³/mol. The van der Waals surface area contributed by atoms with Crippen LogP contribution in [0.4, 0.5) is 0 Å². The van der Waals surface area contributed by atoms with Crippen LogP contribution >= 0.6 is 0 Å². The SMILES string of the molecule is Oc1c(C2CCCN2)ccc2c1CCC2. The molecule has 1 aliphatic carbocycles. The van der Waals surface area contributed by atoms with Crippen LogP contribution in [0.2, 0.25) is 0 Å². The maximum absolute atomic E-state index is 10.2. The van der Waals surface area contributed by atoms with Crippen LogP contribution in [0.1, 0.15) is 42.0 Å². The topological polar surface area (TPSA) is 32.3 Å². The lowest BCUT2D eigenvalue weighted by atomic mass is 9.98. The van der Waals surface area contributed by atoms with Crippen molar-refractivity contribution in [3.05, 3.63) is 28.8 Å². The first-order valence-corrected chi connectivity index (χ1v) is 5.93. The Labute approximate surface area is 90.3 Å². The summed E-state index contributed by atoms with van der Waals surface area (Å²) in [6.45, 7) is 1.08. The number of aryl methyl sites for hydroxylation is 1. The van der Waals surface area contributed by atoms with E-state index >= 15 is 0 Å². The van der Waals surface area contributed by atoms with E-state index in [1.807, 2.05) is 0 Å². The lowest BCUT2D eigenvalue weighted by molar-refractivity contribution is 0.451. The standard InChI is InChI=1S/C13H17NO/c15-13-10-4-1-3-9(10)6-7-11(13)12-5-2-8-14-12/h6-7,12,14-15H,1-5,8H2. The van der Waals surface area contributed by atoms with Gasteiger partial charge < -0.3 is 10.4 Å². The first-order valence-electron chi connectivity index (χ1n) is 5.93. The van der Waals surface area contributed by atoms with Crippen molar-refractivity contribution in [2.24, 2.45) is 0 Å². The number of phenols is 1. The molecule has 80 valence electrons. The first kappa shape index (κ1) is 9.22. The molecule has 1 aromatic rings. The molecule has 0 aromatic heterocycles. The summed E-state index contributed by atoms with van der Waals surface area (Å²) in [6.07, 6.45) is 5.78. The van der Waals surface area contributed by atoms with Gasteiger partial charge in [0.2, 0.25) is 0 Å². The van der Waals surface area contributed by atoms with E-state index in [-0.39, 0.29) is 0 Å². The van der Waals surface area contributed by atoms with E-state index in [0.29, 0.717) is 11.8 Å². The van der Waals surface area contributed by atoms with Crippen molar-refractivity contribution in [3.8, 4) is 5.75 Å². The van der Waals surface area contributed by atoms with Gasteiger partial charge in [0.15, 0.2) is 0 Å². The Morgan fingerprint density at radius 1 is 1.20 bits per heavy atom. The minimum Gasteiger partial charge on any atom is -0.507 e. The second-order valence-electron chi connectivity index (χ2n) is 4.64. The minimum atomic E-state index is 0.385. The number of hydrogen-bond donors (Lipinski definition) is 2. The van der Waals surface area contributed by atoms with Crippen molar-refractivity contribution in [3.63, 3.8) is 0 Å². The van der Waals surface area contributed by atoms with Gasteiger partial charge >= 0.3 is 0 Å². The normalized spacial score (nSPS) is 24.4. The molecular formula is C13H17NO. The molecule has 1 aliphatic heterocycles. The van der Waals surface area contributed by atoms with Crippen LogP contribution in [0, 0.1) is 0 Å². The van der Waals surface area contributed by atoms with E-state index in [1.54, 1.807) is 0 Å². The van der Waals surface area contributed by atoms with Crippen molar-refractivity contribution >= 4 is 0 Å². The van der Waals surface area contributed by atoms with Crippen LogP contribution in [0.3, 0.4) is 0 Å².